The minimum absolute atomic E-state index is 0. The van der Waals surface area contributed by atoms with Crippen LogP contribution in [0.4, 0.5) is 0 Å². The van der Waals surface area contributed by atoms with Gasteiger partial charge >= 0.3 is 0 Å². The standard InChI is InChI=1S/C18H23N3O3.2ClH/c1-12-17(24-13(2)19-12)18(22)21-9-14-7-5-6-8-16(14)23-11-15(21)10-20(3)4;;/h5-8,15H,9-11H2,1-4H3;2*1H. The average Bonchev–Trinajstić information content (AvgIpc) is 2.77. The zero-order chi connectivity index (χ0) is 17.3. The van der Waals surface area contributed by atoms with Gasteiger partial charge in [-0.15, -0.1) is 24.8 Å². The van der Waals surface area contributed by atoms with Crippen LogP contribution in [-0.4, -0.2) is 54.0 Å². The van der Waals surface area contributed by atoms with Crippen LogP contribution in [0.25, 0.3) is 0 Å². The number of oxazole rings is 1. The van der Waals surface area contributed by atoms with Crippen molar-refractivity contribution in [3.05, 3.63) is 47.2 Å². The van der Waals surface area contributed by atoms with Gasteiger partial charge in [-0.3, -0.25) is 4.79 Å². The molecule has 0 radical (unpaired) electrons. The molecule has 1 aliphatic rings. The van der Waals surface area contributed by atoms with Crippen LogP contribution in [0.2, 0.25) is 0 Å². The van der Waals surface area contributed by atoms with Crippen molar-refractivity contribution < 1.29 is 13.9 Å². The minimum atomic E-state index is -0.139. The number of carbonyl (C=O) groups excluding carboxylic acids is 1. The fourth-order valence-corrected chi connectivity index (χ4v) is 3.03. The Labute approximate surface area is 166 Å². The Morgan fingerprint density at radius 2 is 1.96 bits per heavy atom. The van der Waals surface area contributed by atoms with Gasteiger partial charge in [-0.05, 0) is 27.1 Å². The molecule has 0 saturated heterocycles. The van der Waals surface area contributed by atoms with E-state index in [9.17, 15) is 4.79 Å². The molecule has 1 atom stereocenters. The molecule has 8 heteroatoms. The summed E-state index contributed by atoms with van der Waals surface area (Å²) in [5.41, 5.74) is 1.63. The van der Waals surface area contributed by atoms with Crippen LogP contribution < -0.4 is 4.74 Å². The van der Waals surface area contributed by atoms with E-state index in [2.05, 4.69) is 9.88 Å². The third-order valence-corrected chi connectivity index (χ3v) is 4.12. The van der Waals surface area contributed by atoms with Crippen LogP contribution in [-0.2, 0) is 6.54 Å². The van der Waals surface area contributed by atoms with Crippen molar-refractivity contribution in [3.63, 3.8) is 0 Å². The van der Waals surface area contributed by atoms with Gasteiger partial charge in [-0.1, -0.05) is 18.2 Å². The van der Waals surface area contributed by atoms with Gasteiger partial charge in [0.05, 0.1) is 18.3 Å². The van der Waals surface area contributed by atoms with Gasteiger partial charge in [-0.2, -0.15) is 0 Å². The number of rotatable bonds is 3. The molecule has 0 saturated carbocycles. The Morgan fingerprint density at radius 1 is 1.27 bits per heavy atom. The molecule has 3 rings (SSSR count). The fraction of sp³-hybridized carbons (Fsp3) is 0.444. The van der Waals surface area contributed by atoms with Crippen LogP contribution in [0.3, 0.4) is 0 Å². The van der Waals surface area contributed by atoms with Gasteiger partial charge in [0.15, 0.2) is 5.89 Å². The molecule has 2 aromatic rings. The Balaban J connectivity index is 0.00000169. The Bertz CT molecular complexity index is 749. The number of fused-ring (bicyclic) bond motifs is 1. The molecular formula is C18H25Cl2N3O3. The Morgan fingerprint density at radius 3 is 2.58 bits per heavy atom. The van der Waals surface area contributed by atoms with Crippen molar-refractivity contribution >= 4 is 30.7 Å². The number of aryl methyl sites for hydroxylation is 2. The second kappa shape index (κ2) is 9.26. The van der Waals surface area contributed by atoms with Crippen LogP contribution >= 0.6 is 24.8 Å². The number of benzene rings is 1. The van der Waals surface area contributed by atoms with Gasteiger partial charge in [0.1, 0.15) is 12.4 Å². The number of aromatic nitrogens is 1. The topological polar surface area (TPSA) is 58.8 Å². The highest BCUT2D eigenvalue weighted by atomic mass is 35.5. The van der Waals surface area contributed by atoms with Crippen LogP contribution in [0, 0.1) is 13.8 Å². The summed E-state index contributed by atoms with van der Waals surface area (Å²) in [7, 11) is 3.98. The normalized spacial score (nSPS) is 16.0. The third-order valence-electron chi connectivity index (χ3n) is 4.12. The van der Waals surface area contributed by atoms with Gasteiger partial charge in [0, 0.05) is 19.0 Å². The molecule has 6 nitrogen and oxygen atoms in total. The van der Waals surface area contributed by atoms with E-state index in [1.54, 1.807) is 13.8 Å². The number of likely N-dealkylation sites (N-methyl/N-ethyl adjacent to an activating group) is 1. The summed E-state index contributed by atoms with van der Waals surface area (Å²) in [5, 5.41) is 0. The summed E-state index contributed by atoms with van der Waals surface area (Å²) in [6.45, 7) is 5.21. The lowest BCUT2D eigenvalue weighted by molar-refractivity contribution is 0.0550. The molecule has 0 fully saturated rings. The molecule has 0 bridgehead atoms. The molecule has 26 heavy (non-hydrogen) atoms. The molecule has 1 aromatic carbocycles. The van der Waals surface area contributed by atoms with Crippen LogP contribution in [0.15, 0.2) is 28.7 Å². The molecule has 1 aliphatic heterocycles. The van der Waals surface area contributed by atoms with Crippen LogP contribution in [0.5, 0.6) is 5.75 Å². The molecular weight excluding hydrogens is 377 g/mol. The summed E-state index contributed by atoms with van der Waals surface area (Å²) in [5.74, 6) is 1.52. The predicted molar refractivity (Wildman–Crippen MR) is 105 cm³/mol. The minimum Gasteiger partial charge on any atom is -0.491 e. The quantitative estimate of drug-likeness (QED) is 0.790. The number of nitrogens with zero attached hydrogens (tertiary/aromatic N) is 3. The summed E-state index contributed by atoms with van der Waals surface area (Å²) in [6, 6.07) is 7.78. The number of halogens is 2. The first-order valence-corrected chi connectivity index (χ1v) is 8.06. The van der Waals surface area contributed by atoms with Gasteiger partial charge in [0.25, 0.3) is 5.91 Å². The van der Waals surface area contributed by atoms with E-state index in [1.807, 2.05) is 43.3 Å². The number of hydrogen-bond donors (Lipinski definition) is 0. The lowest BCUT2D eigenvalue weighted by Gasteiger charge is -2.30. The summed E-state index contributed by atoms with van der Waals surface area (Å²) in [6.07, 6.45) is 0. The molecule has 0 N–H and O–H groups in total. The van der Waals surface area contributed by atoms with Gasteiger partial charge in [-0.25, -0.2) is 4.98 Å². The SMILES string of the molecule is Cc1nc(C)c(C(=O)N2Cc3ccccc3OCC2CN(C)C)o1.Cl.Cl. The number of carbonyl (C=O) groups is 1. The number of ether oxygens (including phenoxy) is 1. The zero-order valence-corrected chi connectivity index (χ0v) is 17.0. The zero-order valence-electron chi connectivity index (χ0n) is 15.4. The van der Waals surface area contributed by atoms with E-state index < -0.39 is 0 Å². The first-order valence-electron chi connectivity index (χ1n) is 8.06. The second-order valence-electron chi connectivity index (χ2n) is 6.42. The number of amides is 1. The predicted octanol–water partition coefficient (Wildman–Crippen LogP) is 3.10. The maximum atomic E-state index is 13.1. The van der Waals surface area contributed by atoms with Crippen molar-refractivity contribution in [2.75, 3.05) is 27.2 Å². The van der Waals surface area contributed by atoms with E-state index in [1.165, 1.54) is 0 Å². The fourth-order valence-electron chi connectivity index (χ4n) is 3.03. The average molecular weight is 402 g/mol. The van der Waals surface area contributed by atoms with E-state index in [-0.39, 0.29) is 36.8 Å². The van der Waals surface area contributed by atoms with E-state index in [0.29, 0.717) is 37.0 Å². The molecule has 1 unspecified atom stereocenters. The maximum absolute atomic E-state index is 13.1. The molecule has 0 spiro atoms. The van der Waals surface area contributed by atoms with E-state index >= 15 is 0 Å². The molecule has 0 aliphatic carbocycles. The molecule has 1 amide bonds. The summed E-state index contributed by atoms with van der Waals surface area (Å²) < 4.78 is 11.5. The van der Waals surface area contributed by atoms with E-state index in [0.717, 1.165) is 11.3 Å². The highest BCUT2D eigenvalue weighted by Crippen LogP contribution is 2.27. The number of para-hydroxylation sites is 1. The molecule has 1 aromatic heterocycles. The summed E-state index contributed by atoms with van der Waals surface area (Å²) in [4.78, 5) is 21.2. The van der Waals surface area contributed by atoms with Gasteiger partial charge in [0.2, 0.25) is 5.76 Å². The molecule has 144 valence electrons. The third kappa shape index (κ3) is 4.69. The second-order valence-corrected chi connectivity index (χ2v) is 6.42. The Kier molecular flexibility index (Phi) is 7.93. The number of hydrogen-bond acceptors (Lipinski definition) is 5. The largest absolute Gasteiger partial charge is 0.491 e. The summed E-state index contributed by atoms with van der Waals surface area (Å²) >= 11 is 0. The van der Waals surface area contributed by atoms with Crippen molar-refractivity contribution in [1.29, 1.82) is 0 Å². The highest BCUT2D eigenvalue weighted by Gasteiger charge is 2.32. The van der Waals surface area contributed by atoms with E-state index in [4.69, 9.17) is 9.15 Å². The van der Waals surface area contributed by atoms with Crippen LogP contribution in [0.1, 0.15) is 27.7 Å². The first-order chi connectivity index (χ1) is 11.5. The molecule has 2 heterocycles. The van der Waals surface area contributed by atoms with Crippen molar-refractivity contribution in [2.24, 2.45) is 0 Å². The van der Waals surface area contributed by atoms with Crippen molar-refractivity contribution in [2.45, 2.75) is 26.4 Å². The monoisotopic (exact) mass is 401 g/mol. The van der Waals surface area contributed by atoms with Gasteiger partial charge < -0.3 is 19.0 Å². The van der Waals surface area contributed by atoms with Crippen molar-refractivity contribution in [1.82, 2.24) is 14.8 Å². The Hall–Kier alpha value is -1.76. The van der Waals surface area contributed by atoms with Crippen molar-refractivity contribution in [3.8, 4) is 5.75 Å². The maximum Gasteiger partial charge on any atom is 0.292 e. The lowest BCUT2D eigenvalue weighted by atomic mass is 10.1. The smallest absolute Gasteiger partial charge is 0.292 e. The lowest BCUT2D eigenvalue weighted by Crippen LogP contribution is -2.47. The highest BCUT2D eigenvalue weighted by molar-refractivity contribution is 5.92. The first kappa shape index (κ1) is 22.3.